The van der Waals surface area contributed by atoms with Crippen LogP contribution in [0.4, 0.5) is 0 Å². The summed E-state index contributed by atoms with van der Waals surface area (Å²) in [5.74, 6) is 0.156. The number of ether oxygens (including phenoxy) is 1. The van der Waals surface area contributed by atoms with Crippen LogP contribution in [0, 0.1) is 0 Å². The van der Waals surface area contributed by atoms with Gasteiger partial charge in [0.15, 0.2) is 5.78 Å². The van der Waals surface area contributed by atoms with Crippen LogP contribution in [-0.4, -0.2) is 52.8 Å². The summed E-state index contributed by atoms with van der Waals surface area (Å²) in [6.45, 7) is 8.24. The zero-order chi connectivity index (χ0) is 13.0. The van der Waals surface area contributed by atoms with Crippen LogP contribution in [0.15, 0.2) is 12.4 Å². The molecular weight excluding hydrogens is 230 g/mol. The van der Waals surface area contributed by atoms with E-state index in [2.05, 4.69) is 16.9 Å². The minimum Gasteiger partial charge on any atom is -0.368 e. The second-order valence-corrected chi connectivity index (χ2v) is 4.60. The molecule has 0 bridgehead atoms. The largest absolute Gasteiger partial charge is 0.368 e. The van der Waals surface area contributed by atoms with Crippen molar-refractivity contribution in [2.45, 2.75) is 32.9 Å². The zero-order valence-electron chi connectivity index (χ0n) is 11.1. The van der Waals surface area contributed by atoms with E-state index < -0.39 is 0 Å². The summed E-state index contributed by atoms with van der Waals surface area (Å²) in [6, 6.07) is 0. The molecule has 5 nitrogen and oxygen atoms in total. The lowest BCUT2D eigenvalue weighted by molar-refractivity contribution is -0.135. The van der Waals surface area contributed by atoms with Gasteiger partial charge in [0.2, 0.25) is 0 Å². The molecule has 0 spiro atoms. The Morgan fingerprint density at radius 3 is 3.00 bits per heavy atom. The van der Waals surface area contributed by atoms with Gasteiger partial charge in [0, 0.05) is 32.3 Å². The maximum absolute atomic E-state index is 12.1. The topological polar surface area (TPSA) is 47.4 Å². The SMILES string of the molecule is CCN1CCOC(C(=O)Cc2cnn(CC)c2)C1. The third-order valence-electron chi connectivity index (χ3n) is 3.35. The fourth-order valence-corrected chi connectivity index (χ4v) is 2.17. The lowest BCUT2D eigenvalue weighted by Gasteiger charge is -2.31. The summed E-state index contributed by atoms with van der Waals surface area (Å²) in [4.78, 5) is 14.4. The number of ketones is 1. The van der Waals surface area contributed by atoms with Gasteiger partial charge in [-0.05, 0) is 19.0 Å². The van der Waals surface area contributed by atoms with Crippen LogP contribution < -0.4 is 0 Å². The van der Waals surface area contributed by atoms with Gasteiger partial charge in [-0.25, -0.2) is 0 Å². The Kier molecular flexibility index (Phi) is 4.49. The second-order valence-electron chi connectivity index (χ2n) is 4.60. The Labute approximate surface area is 108 Å². The predicted molar refractivity (Wildman–Crippen MR) is 68.5 cm³/mol. The van der Waals surface area contributed by atoms with E-state index in [1.165, 1.54) is 0 Å². The maximum atomic E-state index is 12.1. The fourth-order valence-electron chi connectivity index (χ4n) is 2.17. The summed E-state index contributed by atoms with van der Waals surface area (Å²) in [5, 5.41) is 4.18. The molecule has 1 aliphatic heterocycles. The molecule has 2 heterocycles. The number of rotatable bonds is 5. The molecule has 100 valence electrons. The van der Waals surface area contributed by atoms with E-state index in [0.29, 0.717) is 13.0 Å². The highest BCUT2D eigenvalue weighted by molar-refractivity contribution is 5.85. The third kappa shape index (κ3) is 3.17. The van der Waals surface area contributed by atoms with Crippen LogP contribution in [-0.2, 0) is 22.5 Å². The van der Waals surface area contributed by atoms with Gasteiger partial charge in [0.25, 0.3) is 0 Å². The van der Waals surface area contributed by atoms with E-state index in [0.717, 1.165) is 31.7 Å². The van der Waals surface area contributed by atoms with Gasteiger partial charge < -0.3 is 4.74 Å². The fraction of sp³-hybridized carbons (Fsp3) is 0.692. The van der Waals surface area contributed by atoms with E-state index in [-0.39, 0.29) is 11.9 Å². The molecule has 0 aliphatic carbocycles. The van der Waals surface area contributed by atoms with E-state index in [4.69, 9.17) is 4.74 Å². The number of carbonyl (C=O) groups excluding carboxylic acids is 1. The van der Waals surface area contributed by atoms with E-state index in [1.54, 1.807) is 6.20 Å². The summed E-state index contributed by atoms with van der Waals surface area (Å²) in [6.07, 6.45) is 3.84. The first-order valence-corrected chi connectivity index (χ1v) is 6.61. The van der Waals surface area contributed by atoms with Gasteiger partial charge in [-0.1, -0.05) is 6.92 Å². The van der Waals surface area contributed by atoms with Crippen LogP contribution in [0.25, 0.3) is 0 Å². The van der Waals surface area contributed by atoms with Gasteiger partial charge in [-0.3, -0.25) is 14.4 Å². The van der Waals surface area contributed by atoms with Crippen molar-refractivity contribution in [2.24, 2.45) is 0 Å². The van der Waals surface area contributed by atoms with Crippen LogP contribution in [0.2, 0.25) is 0 Å². The molecule has 1 saturated heterocycles. The van der Waals surface area contributed by atoms with E-state index in [1.807, 2.05) is 17.8 Å². The highest BCUT2D eigenvalue weighted by Gasteiger charge is 2.25. The summed E-state index contributed by atoms with van der Waals surface area (Å²) < 4.78 is 7.39. The summed E-state index contributed by atoms with van der Waals surface area (Å²) in [7, 11) is 0. The Hall–Kier alpha value is -1.20. The molecule has 1 aliphatic rings. The number of aromatic nitrogens is 2. The lowest BCUT2D eigenvalue weighted by atomic mass is 10.1. The number of hydrogen-bond donors (Lipinski definition) is 0. The van der Waals surface area contributed by atoms with Gasteiger partial charge in [0.1, 0.15) is 6.10 Å². The molecule has 0 saturated carbocycles. The van der Waals surface area contributed by atoms with Crippen molar-refractivity contribution in [3.63, 3.8) is 0 Å². The second kappa shape index (κ2) is 6.11. The van der Waals surface area contributed by atoms with Gasteiger partial charge >= 0.3 is 0 Å². The zero-order valence-corrected chi connectivity index (χ0v) is 11.1. The number of nitrogens with zero attached hydrogens (tertiary/aromatic N) is 3. The Morgan fingerprint density at radius 2 is 2.33 bits per heavy atom. The van der Waals surface area contributed by atoms with Crippen molar-refractivity contribution in [3.8, 4) is 0 Å². The Balaban J connectivity index is 1.90. The molecule has 18 heavy (non-hydrogen) atoms. The molecule has 1 atom stereocenters. The molecule has 1 aromatic rings. The average molecular weight is 251 g/mol. The van der Waals surface area contributed by atoms with Crippen molar-refractivity contribution in [3.05, 3.63) is 18.0 Å². The Morgan fingerprint density at radius 1 is 1.50 bits per heavy atom. The average Bonchev–Trinajstić information content (AvgIpc) is 2.86. The Bertz CT molecular complexity index is 403. The molecule has 5 heteroatoms. The maximum Gasteiger partial charge on any atom is 0.167 e. The summed E-state index contributed by atoms with van der Waals surface area (Å²) in [5.41, 5.74) is 0.971. The van der Waals surface area contributed by atoms with E-state index >= 15 is 0 Å². The van der Waals surface area contributed by atoms with Gasteiger partial charge in [-0.15, -0.1) is 0 Å². The van der Waals surface area contributed by atoms with Crippen molar-refractivity contribution in [1.29, 1.82) is 0 Å². The molecule has 2 rings (SSSR count). The minimum atomic E-state index is -0.274. The van der Waals surface area contributed by atoms with Crippen LogP contribution in [0.5, 0.6) is 0 Å². The van der Waals surface area contributed by atoms with Crippen molar-refractivity contribution in [1.82, 2.24) is 14.7 Å². The van der Waals surface area contributed by atoms with E-state index in [9.17, 15) is 4.79 Å². The van der Waals surface area contributed by atoms with Crippen LogP contribution >= 0.6 is 0 Å². The molecule has 0 aromatic carbocycles. The van der Waals surface area contributed by atoms with Gasteiger partial charge in [-0.2, -0.15) is 5.10 Å². The molecule has 0 amide bonds. The number of Topliss-reactive ketones (excluding diaryl/α,β-unsaturated/α-hetero) is 1. The third-order valence-corrected chi connectivity index (χ3v) is 3.35. The first-order chi connectivity index (χ1) is 8.72. The molecule has 1 fully saturated rings. The highest BCUT2D eigenvalue weighted by atomic mass is 16.5. The lowest BCUT2D eigenvalue weighted by Crippen LogP contribution is -2.46. The number of morpholine rings is 1. The van der Waals surface area contributed by atoms with Crippen LogP contribution in [0.1, 0.15) is 19.4 Å². The van der Waals surface area contributed by atoms with Gasteiger partial charge in [0.05, 0.1) is 12.8 Å². The molecular formula is C13H21N3O2. The van der Waals surface area contributed by atoms with Crippen LogP contribution in [0.3, 0.4) is 0 Å². The predicted octanol–water partition coefficient (Wildman–Crippen LogP) is 0.735. The molecule has 0 radical (unpaired) electrons. The van der Waals surface area contributed by atoms with Crippen molar-refractivity contribution >= 4 is 5.78 Å². The first kappa shape index (κ1) is 13.2. The quantitative estimate of drug-likeness (QED) is 0.774. The first-order valence-electron chi connectivity index (χ1n) is 6.61. The van der Waals surface area contributed by atoms with Crippen molar-refractivity contribution < 1.29 is 9.53 Å². The molecule has 1 unspecified atom stereocenters. The number of hydrogen-bond acceptors (Lipinski definition) is 4. The smallest absolute Gasteiger partial charge is 0.167 e. The van der Waals surface area contributed by atoms with Crippen molar-refractivity contribution in [2.75, 3.05) is 26.2 Å². The minimum absolute atomic E-state index is 0.156. The molecule has 1 aromatic heterocycles. The number of likely N-dealkylation sites (N-methyl/N-ethyl adjacent to an activating group) is 1. The highest BCUT2D eigenvalue weighted by Crippen LogP contribution is 2.09. The molecule has 0 N–H and O–H groups in total. The monoisotopic (exact) mass is 251 g/mol. The standard InChI is InChI=1S/C13H21N3O2/c1-3-15-5-6-18-13(10-15)12(17)7-11-8-14-16(4-2)9-11/h8-9,13H,3-7,10H2,1-2H3. The normalized spacial score (nSPS) is 21.1. The number of carbonyl (C=O) groups is 1. The number of aryl methyl sites for hydroxylation is 1. The summed E-state index contributed by atoms with van der Waals surface area (Å²) >= 11 is 0.